The van der Waals surface area contributed by atoms with Gasteiger partial charge in [0.2, 0.25) is 0 Å². The summed E-state index contributed by atoms with van der Waals surface area (Å²) in [6.07, 6.45) is 8.02. The number of hydrogen-bond donors (Lipinski definition) is 2. The third-order valence-corrected chi connectivity index (χ3v) is 3.09. The molecule has 0 radical (unpaired) electrons. The van der Waals surface area contributed by atoms with Gasteiger partial charge in [-0.2, -0.15) is 0 Å². The molecule has 1 rings (SSSR count). The molecule has 0 heterocycles. The molecule has 0 bridgehead atoms. The average molecular weight is 250 g/mol. The molecule has 1 aliphatic rings. The lowest BCUT2D eigenvalue weighted by molar-refractivity contribution is 0.420. The van der Waals surface area contributed by atoms with Crippen LogP contribution in [-0.4, -0.2) is 30.6 Å². The van der Waals surface area contributed by atoms with Gasteiger partial charge in [-0.15, -0.1) is 0 Å². The summed E-state index contributed by atoms with van der Waals surface area (Å²) in [6.45, 7) is 10.2. The van der Waals surface area contributed by atoms with Crippen molar-refractivity contribution in [1.29, 1.82) is 0 Å². The smallest absolute Gasteiger partial charge is 0.199 e. The number of guanidine groups is 1. The van der Waals surface area contributed by atoms with Crippen molar-refractivity contribution in [1.82, 2.24) is 15.5 Å². The first kappa shape index (κ1) is 14.6. The number of nitrogens with zero attached hydrogens (tertiary/aromatic N) is 2. The van der Waals surface area contributed by atoms with Gasteiger partial charge < -0.3 is 15.5 Å². The number of aliphatic imine (C=N–C) groups is 1. The Labute approximate surface area is 111 Å². The SMILES string of the molecule is C=CNC(=NC1CCCCC1)N(C)CNC(=C)C. The zero-order chi connectivity index (χ0) is 13.4. The summed E-state index contributed by atoms with van der Waals surface area (Å²) in [6, 6.07) is 0.452. The van der Waals surface area contributed by atoms with Crippen molar-refractivity contribution >= 4 is 5.96 Å². The van der Waals surface area contributed by atoms with Crippen LogP contribution in [0.4, 0.5) is 0 Å². The summed E-state index contributed by atoms with van der Waals surface area (Å²) in [5.74, 6) is 0.880. The Morgan fingerprint density at radius 3 is 2.61 bits per heavy atom. The molecule has 18 heavy (non-hydrogen) atoms. The van der Waals surface area contributed by atoms with Crippen LogP contribution >= 0.6 is 0 Å². The largest absolute Gasteiger partial charge is 0.372 e. The highest BCUT2D eigenvalue weighted by Crippen LogP contribution is 2.20. The second kappa shape index (κ2) is 7.80. The van der Waals surface area contributed by atoms with E-state index in [9.17, 15) is 0 Å². The van der Waals surface area contributed by atoms with Crippen LogP contribution in [0.2, 0.25) is 0 Å². The van der Waals surface area contributed by atoms with E-state index in [-0.39, 0.29) is 0 Å². The molecule has 0 amide bonds. The van der Waals surface area contributed by atoms with Gasteiger partial charge in [0.25, 0.3) is 0 Å². The summed E-state index contributed by atoms with van der Waals surface area (Å²) in [7, 11) is 2.01. The Morgan fingerprint density at radius 1 is 1.39 bits per heavy atom. The standard InChI is InChI=1S/C14H26N4/c1-5-15-14(18(4)11-16-12(2)3)17-13-9-7-6-8-10-13/h5,13,16H,1-2,6-11H2,3-4H3,(H,15,17). The van der Waals surface area contributed by atoms with Crippen LogP contribution in [0.1, 0.15) is 39.0 Å². The van der Waals surface area contributed by atoms with Crippen LogP contribution in [-0.2, 0) is 0 Å². The zero-order valence-electron chi connectivity index (χ0n) is 11.7. The maximum atomic E-state index is 4.79. The van der Waals surface area contributed by atoms with Gasteiger partial charge in [0.05, 0.1) is 12.7 Å². The van der Waals surface area contributed by atoms with Gasteiger partial charge in [0.1, 0.15) is 0 Å². The van der Waals surface area contributed by atoms with E-state index in [1.807, 2.05) is 18.9 Å². The first-order valence-electron chi connectivity index (χ1n) is 6.69. The molecule has 0 spiro atoms. The molecule has 0 aromatic heterocycles. The van der Waals surface area contributed by atoms with Crippen molar-refractivity contribution in [2.75, 3.05) is 13.7 Å². The number of hydrogen-bond acceptors (Lipinski definition) is 2. The molecule has 0 aromatic carbocycles. The molecule has 0 unspecified atom stereocenters. The van der Waals surface area contributed by atoms with E-state index in [4.69, 9.17) is 4.99 Å². The molecular formula is C14H26N4. The quantitative estimate of drug-likeness (QED) is 0.447. The van der Waals surface area contributed by atoms with Gasteiger partial charge in [-0.25, -0.2) is 4.99 Å². The maximum Gasteiger partial charge on any atom is 0.199 e. The molecule has 1 aliphatic carbocycles. The predicted molar refractivity (Wildman–Crippen MR) is 78.2 cm³/mol. The lowest BCUT2D eigenvalue weighted by Gasteiger charge is -2.25. The van der Waals surface area contributed by atoms with Gasteiger partial charge >= 0.3 is 0 Å². The molecule has 4 nitrogen and oxygen atoms in total. The second-order valence-corrected chi connectivity index (χ2v) is 4.91. The maximum absolute atomic E-state index is 4.79. The van der Waals surface area contributed by atoms with Crippen LogP contribution in [0.25, 0.3) is 0 Å². The van der Waals surface area contributed by atoms with Crippen molar-refractivity contribution in [3.05, 3.63) is 25.1 Å². The van der Waals surface area contributed by atoms with Crippen LogP contribution < -0.4 is 10.6 Å². The molecule has 2 N–H and O–H groups in total. The first-order valence-corrected chi connectivity index (χ1v) is 6.69. The van der Waals surface area contributed by atoms with Crippen LogP contribution in [0.5, 0.6) is 0 Å². The van der Waals surface area contributed by atoms with Crippen molar-refractivity contribution in [2.24, 2.45) is 4.99 Å². The van der Waals surface area contributed by atoms with E-state index in [2.05, 4.69) is 23.8 Å². The Kier molecular flexibility index (Phi) is 6.33. The summed E-state index contributed by atoms with van der Waals surface area (Å²) in [5.41, 5.74) is 0.956. The predicted octanol–water partition coefficient (Wildman–Crippen LogP) is 2.42. The minimum atomic E-state index is 0.452. The zero-order valence-corrected chi connectivity index (χ0v) is 11.7. The topological polar surface area (TPSA) is 39.7 Å². The third-order valence-electron chi connectivity index (χ3n) is 3.09. The lowest BCUT2D eigenvalue weighted by Crippen LogP contribution is -2.42. The normalized spacial score (nSPS) is 17.1. The average Bonchev–Trinajstić information content (AvgIpc) is 2.36. The fraction of sp³-hybridized carbons (Fsp3) is 0.643. The summed E-state index contributed by atoms with van der Waals surface area (Å²) < 4.78 is 0. The molecule has 0 aliphatic heterocycles. The second-order valence-electron chi connectivity index (χ2n) is 4.91. The van der Waals surface area contributed by atoms with E-state index in [1.165, 1.54) is 32.1 Å². The van der Waals surface area contributed by atoms with Crippen molar-refractivity contribution in [3.8, 4) is 0 Å². The van der Waals surface area contributed by atoms with E-state index >= 15 is 0 Å². The molecular weight excluding hydrogens is 224 g/mol. The minimum absolute atomic E-state index is 0.452. The highest BCUT2D eigenvalue weighted by atomic mass is 15.3. The van der Waals surface area contributed by atoms with Crippen LogP contribution in [0.15, 0.2) is 30.0 Å². The van der Waals surface area contributed by atoms with E-state index in [0.717, 1.165) is 11.7 Å². The summed E-state index contributed by atoms with van der Waals surface area (Å²) >= 11 is 0. The van der Waals surface area contributed by atoms with Crippen LogP contribution in [0, 0.1) is 0 Å². The van der Waals surface area contributed by atoms with Crippen molar-refractivity contribution < 1.29 is 0 Å². The molecule has 0 aromatic rings. The van der Waals surface area contributed by atoms with Gasteiger partial charge in [0, 0.05) is 12.7 Å². The Bertz CT molecular complexity index is 303. The summed E-state index contributed by atoms with van der Waals surface area (Å²) in [4.78, 5) is 6.84. The minimum Gasteiger partial charge on any atom is -0.372 e. The van der Waals surface area contributed by atoms with Gasteiger partial charge in [-0.3, -0.25) is 0 Å². The number of nitrogens with one attached hydrogen (secondary N) is 2. The molecule has 1 fully saturated rings. The van der Waals surface area contributed by atoms with Gasteiger partial charge in [-0.1, -0.05) is 32.4 Å². The fourth-order valence-electron chi connectivity index (χ4n) is 2.05. The Morgan fingerprint density at radius 2 is 2.06 bits per heavy atom. The molecule has 0 saturated heterocycles. The van der Waals surface area contributed by atoms with E-state index in [0.29, 0.717) is 12.7 Å². The highest BCUT2D eigenvalue weighted by molar-refractivity contribution is 5.80. The Hall–Kier alpha value is -1.45. The van der Waals surface area contributed by atoms with Crippen LogP contribution in [0.3, 0.4) is 0 Å². The molecule has 1 saturated carbocycles. The third kappa shape index (κ3) is 5.25. The molecule has 4 heteroatoms. The number of rotatable bonds is 5. The summed E-state index contributed by atoms with van der Waals surface area (Å²) in [5, 5.41) is 6.32. The number of allylic oxidation sites excluding steroid dienone is 1. The van der Waals surface area contributed by atoms with E-state index < -0.39 is 0 Å². The van der Waals surface area contributed by atoms with Gasteiger partial charge in [0.15, 0.2) is 5.96 Å². The lowest BCUT2D eigenvalue weighted by atomic mass is 9.96. The monoisotopic (exact) mass is 250 g/mol. The van der Waals surface area contributed by atoms with E-state index in [1.54, 1.807) is 6.20 Å². The van der Waals surface area contributed by atoms with Gasteiger partial charge in [-0.05, 0) is 26.0 Å². The highest BCUT2D eigenvalue weighted by Gasteiger charge is 2.14. The fourth-order valence-corrected chi connectivity index (χ4v) is 2.05. The molecule has 102 valence electrons. The first-order chi connectivity index (χ1) is 8.63. The van der Waals surface area contributed by atoms with Crippen molar-refractivity contribution in [2.45, 2.75) is 45.1 Å². The molecule has 0 atom stereocenters. The van der Waals surface area contributed by atoms with Crippen molar-refractivity contribution in [3.63, 3.8) is 0 Å². The Balaban J connectivity index is 2.58.